The molecule has 5 heteroatoms. The van der Waals surface area contributed by atoms with Gasteiger partial charge in [-0.1, -0.05) is 17.0 Å². The second-order valence-corrected chi connectivity index (χ2v) is 2.94. The van der Waals surface area contributed by atoms with Crippen LogP contribution in [0.4, 0.5) is 4.39 Å². The summed E-state index contributed by atoms with van der Waals surface area (Å²) in [5.74, 6) is 4.33. The summed E-state index contributed by atoms with van der Waals surface area (Å²) in [6, 6.07) is 3.96. The number of rotatable bonds is 2. The van der Waals surface area contributed by atoms with Crippen LogP contribution >= 0.6 is 0 Å². The molecule has 0 aromatic heterocycles. The zero-order chi connectivity index (χ0) is 12.0. The lowest BCUT2D eigenvalue weighted by molar-refractivity contribution is 0.101. The Kier molecular flexibility index (Phi) is 4.07. The van der Waals surface area contributed by atoms with Crippen LogP contribution in [0.25, 0.3) is 10.4 Å². The van der Waals surface area contributed by atoms with E-state index in [1.165, 1.54) is 25.1 Å². The number of nitrogens with zero attached hydrogens (tertiary/aromatic N) is 3. The second kappa shape index (κ2) is 5.54. The summed E-state index contributed by atoms with van der Waals surface area (Å²) in [6.45, 7) is 1.37. The van der Waals surface area contributed by atoms with E-state index >= 15 is 0 Å². The predicted molar refractivity (Wildman–Crippen MR) is 57.3 cm³/mol. The number of halogens is 1. The number of hydrogen-bond donors (Lipinski definition) is 0. The molecule has 16 heavy (non-hydrogen) atoms. The fourth-order valence-electron chi connectivity index (χ4n) is 1.04. The molecule has 80 valence electrons. The third-order valence-corrected chi connectivity index (χ3v) is 1.81. The van der Waals surface area contributed by atoms with E-state index in [9.17, 15) is 9.18 Å². The Balaban J connectivity index is 3.01. The average Bonchev–Trinajstić information content (AvgIpc) is 2.26. The van der Waals surface area contributed by atoms with Gasteiger partial charge < -0.3 is 0 Å². The lowest BCUT2D eigenvalue weighted by atomic mass is 10.1. The summed E-state index contributed by atoms with van der Waals surface area (Å²) in [6.07, 6.45) is 0. The van der Waals surface area contributed by atoms with Crippen LogP contribution in [-0.4, -0.2) is 12.3 Å². The van der Waals surface area contributed by atoms with E-state index in [4.69, 9.17) is 5.53 Å². The van der Waals surface area contributed by atoms with Gasteiger partial charge in [-0.2, -0.15) is 0 Å². The fourth-order valence-corrected chi connectivity index (χ4v) is 1.04. The average molecular weight is 217 g/mol. The molecule has 1 rings (SSSR count). The quantitative estimate of drug-likeness (QED) is 0.247. The van der Waals surface area contributed by atoms with Crippen LogP contribution < -0.4 is 0 Å². The number of azide groups is 1. The SMILES string of the molecule is CC(=O)c1ccc(F)c(C#CCN=[N+]=[N-])c1. The van der Waals surface area contributed by atoms with Crippen molar-refractivity contribution in [2.75, 3.05) is 6.54 Å². The van der Waals surface area contributed by atoms with E-state index in [2.05, 4.69) is 21.9 Å². The Labute approximate surface area is 91.7 Å². The summed E-state index contributed by atoms with van der Waals surface area (Å²) in [7, 11) is 0. The Hall–Kier alpha value is -2.31. The molecule has 4 nitrogen and oxygen atoms in total. The molecule has 0 N–H and O–H groups in total. The molecule has 0 spiro atoms. The van der Waals surface area contributed by atoms with Crippen LogP contribution in [0.3, 0.4) is 0 Å². The minimum atomic E-state index is -0.501. The van der Waals surface area contributed by atoms with E-state index in [1.54, 1.807) is 0 Å². The third kappa shape index (κ3) is 3.12. The highest BCUT2D eigenvalue weighted by Gasteiger charge is 2.03. The first-order valence-corrected chi connectivity index (χ1v) is 4.45. The van der Waals surface area contributed by atoms with Gasteiger partial charge in [0, 0.05) is 10.5 Å². The summed E-state index contributed by atoms with van der Waals surface area (Å²) in [5, 5.41) is 3.19. The Morgan fingerprint density at radius 1 is 1.62 bits per heavy atom. The summed E-state index contributed by atoms with van der Waals surface area (Å²) < 4.78 is 13.2. The molecule has 1 aromatic rings. The summed E-state index contributed by atoms with van der Waals surface area (Å²) >= 11 is 0. The minimum absolute atomic E-state index is 0.0275. The standard InChI is InChI=1S/C11H8FN3O/c1-8(16)9-4-5-11(12)10(7-9)3-2-6-14-15-13/h4-5,7H,6H2,1H3. The van der Waals surface area contributed by atoms with Gasteiger partial charge in [-0.25, -0.2) is 4.39 Å². The van der Waals surface area contributed by atoms with Crippen molar-refractivity contribution in [2.45, 2.75) is 6.92 Å². The summed E-state index contributed by atoms with van der Waals surface area (Å²) in [4.78, 5) is 13.6. The van der Waals surface area contributed by atoms with Gasteiger partial charge in [0.25, 0.3) is 0 Å². The highest BCUT2D eigenvalue weighted by Crippen LogP contribution is 2.09. The maximum Gasteiger partial charge on any atom is 0.159 e. The molecule has 0 saturated heterocycles. The first-order chi connectivity index (χ1) is 7.65. The number of ketones is 1. The molecule has 0 aliphatic heterocycles. The van der Waals surface area contributed by atoms with Crippen molar-refractivity contribution in [1.29, 1.82) is 0 Å². The number of hydrogen-bond acceptors (Lipinski definition) is 2. The van der Waals surface area contributed by atoms with Crippen molar-refractivity contribution >= 4 is 5.78 Å². The van der Waals surface area contributed by atoms with Crippen LogP contribution in [0.5, 0.6) is 0 Å². The van der Waals surface area contributed by atoms with Crippen LogP contribution in [-0.2, 0) is 0 Å². The maximum absolute atomic E-state index is 13.2. The van der Waals surface area contributed by atoms with Gasteiger partial charge in [0.15, 0.2) is 5.78 Å². The van der Waals surface area contributed by atoms with E-state index < -0.39 is 5.82 Å². The number of carbonyl (C=O) groups is 1. The minimum Gasteiger partial charge on any atom is -0.295 e. The van der Waals surface area contributed by atoms with Crippen LogP contribution in [0.1, 0.15) is 22.8 Å². The van der Waals surface area contributed by atoms with Gasteiger partial charge in [0.1, 0.15) is 5.82 Å². The Bertz CT molecular complexity index is 522. The monoisotopic (exact) mass is 217 g/mol. The number of benzene rings is 1. The Morgan fingerprint density at radius 3 is 3.00 bits per heavy atom. The van der Waals surface area contributed by atoms with Crippen molar-refractivity contribution in [2.24, 2.45) is 5.11 Å². The number of carbonyl (C=O) groups excluding carboxylic acids is 1. The molecule has 0 heterocycles. The highest BCUT2D eigenvalue weighted by molar-refractivity contribution is 5.94. The van der Waals surface area contributed by atoms with E-state index in [-0.39, 0.29) is 17.9 Å². The van der Waals surface area contributed by atoms with Gasteiger partial charge in [0.2, 0.25) is 0 Å². The topological polar surface area (TPSA) is 65.8 Å². The number of Topliss-reactive ketones (excluding diaryl/α,β-unsaturated/α-hetero) is 1. The molecule has 0 aliphatic rings. The fraction of sp³-hybridized carbons (Fsp3) is 0.182. The molecule has 1 aromatic carbocycles. The molecule has 0 radical (unpaired) electrons. The largest absolute Gasteiger partial charge is 0.295 e. The molecule has 0 unspecified atom stereocenters. The van der Waals surface area contributed by atoms with Gasteiger partial charge in [-0.05, 0) is 30.7 Å². The lowest BCUT2D eigenvalue weighted by Gasteiger charge is -1.97. The molecule has 0 saturated carbocycles. The molecule has 0 amide bonds. The van der Waals surface area contributed by atoms with Crippen LogP contribution in [0, 0.1) is 17.7 Å². The zero-order valence-corrected chi connectivity index (χ0v) is 8.57. The van der Waals surface area contributed by atoms with Gasteiger partial charge in [-0.15, -0.1) is 0 Å². The van der Waals surface area contributed by atoms with Crippen LogP contribution in [0.2, 0.25) is 0 Å². The molecular weight excluding hydrogens is 209 g/mol. The van der Waals surface area contributed by atoms with E-state index in [0.29, 0.717) is 5.56 Å². The third-order valence-electron chi connectivity index (χ3n) is 1.81. The van der Waals surface area contributed by atoms with Crippen molar-refractivity contribution in [1.82, 2.24) is 0 Å². The second-order valence-electron chi connectivity index (χ2n) is 2.94. The first-order valence-electron chi connectivity index (χ1n) is 4.45. The van der Waals surface area contributed by atoms with Crippen molar-refractivity contribution in [3.8, 4) is 11.8 Å². The summed E-state index contributed by atoms with van der Waals surface area (Å²) in [5.41, 5.74) is 8.53. The zero-order valence-electron chi connectivity index (χ0n) is 8.57. The normalized spacial score (nSPS) is 8.62. The molecular formula is C11H8FN3O. The van der Waals surface area contributed by atoms with Gasteiger partial charge in [-0.3, -0.25) is 4.79 Å². The Morgan fingerprint density at radius 2 is 2.38 bits per heavy atom. The first kappa shape index (κ1) is 11.8. The molecule has 0 atom stereocenters. The highest BCUT2D eigenvalue weighted by atomic mass is 19.1. The van der Waals surface area contributed by atoms with Crippen molar-refractivity contribution in [3.05, 3.63) is 45.6 Å². The lowest BCUT2D eigenvalue weighted by Crippen LogP contribution is -1.94. The van der Waals surface area contributed by atoms with Crippen LogP contribution in [0.15, 0.2) is 23.3 Å². The van der Waals surface area contributed by atoms with E-state index in [0.717, 1.165) is 0 Å². The molecule has 0 fully saturated rings. The molecule has 0 bridgehead atoms. The molecule has 0 aliphatic carbocycles. The van der Waals surface area contributed by atoms with Gasteiger partial charge >= 0.3 is 0 Å². The maximum atomic E-state index is 13.2. The van der Waals surface area contributed by atoms with Gasteiger partial charge in [0.05, 0.1) is 12.1 Å². The van der Waals surface area contributed by atoms with Crippen molar-refractivity contribution in [3.63, 3.8) is 0 Å². The van der Waals surface area contributed by atoms with Crippen molar-refractivity contribution < 1.29 is 9.18 Å². The predicted octanol–water partition coefficient (Wildman–Crippen LogP) is 2.69. The smallest absolute Gasteiger partial charge is 0.159 e. The van der Waals surface area contributed by atoms with E-state index in [1.807, 2.05) is 0 Å².